The predicted molar refractivity (Wildman–Crippen MR) is 81.2 cm³/mol. The largest absolute Gasteiger partial charge is 0.461 e. The van der Waals surface area contributed by atoms with Crippen molar-refractivity contribution in [1.82, 2.24) is 5.32 Å². The van der Waals surface area contributed by atoms with E-state index < -0.39 is 0 Å². The Balaban J connectivity index is 1.91. The molecule has 0 bridgehead atoms. The quantitative estimate of drug-likeness (QED) is 0.785. The standard InChI is InChI=1S/C17H27NO/c1-5-14(11-18-10-12(2)3)9-15-6-7-17(19-15)16-8-13(16)4/h6-7,9,12-13,16,18H,5,8,10-11H2,1-4H3. The lowest BCUT2D eigenvalue weighted by atomic mass is 10.1. The van der Waals surface area contributed by atoms with Crippen molar-refractivity contribution < 1.29 is 4.42 Å². The van der Waals surface area contributed by atoms with E-state index in [4.69, 9.17) is 4.42 Å². The second-order valence-corrected chi connectivity index (χ2v) is 6.24. The van der Waals surface area contributed by atoms with Crippen LogP contribution in [0.5, 0.6) is 0 Å². The first-order chi connectivity index (χ1) is 9.10. The van der Waals surface area contributed by atoms with Crippen LogP contribution in [0.15, 0.2) is 22.1 Å². The molecule has 2 unspecified atom stereocenters. The van der Waals surface area contributed by atoms with E-state index in [1.807, 2.05) is 0 Å². The fourth-order valence-electron chi connectivity index (χ4n) is 2.36. The normalized spacial score (nSPS) is 23.1. The minimum Gasteiger partial charge on any atom is -0.461 e. The van der Waals surface area contributed by atoms with Gasteiger partial charge >= 0.3 is 0 Å². The van der Waals surface area contributed by atoms with Gasteiger partial charge in [0.1, 0.15) is 11.5 Å². The lowest BCUT2D eigenvalue weighted by Crippen LogP contribution is -2.21. The molecule has 1 saturated carbocycles. The summed E-state index contributed by atoms with van der Waals surface area (Å²) >= 11 is 0. The van der Waals surface area contributed by atoms with Gasteiger partial charge in [-0.25, -0.2) is 0 Å². The molecule has 1 aliphatic rings. The van der Waals surface area contributed by atoms with E-state index >= 15 is 0 Å². The second-order valence-electron chi connectivity index (χ2n) is 6.24. The van der Waals surface area contributed by atoms with Crippen LogP contribution < -0.4 is 5.32 Å². The molecule has 0 aliphatic heterocycles. The summed E-state index contributed by atoms with van der Waals surface area (Å²) in [6.07, 6.45) is 4.55. The maximum Gasteiger partial charge on any atom is 0.127 e. The molecule has 0 aromatic carbocycles. The SMILES string of the molecule is CCC(=Cc1ccc(C2CC2C)o1)CNCC(C)C. The van der Waals surface area contributed by atoms with E-state index in [9.17, 15) is 0 Å². The predicted octanol–water partition coefficient (Wildman–Crippen LogP) is 4.44. The maximum absolute atomic E-state index is 5.93. The van der Waals surface area contributed by atoms with Gasteiger partial charge in [0.2, 0.25) is 0 Å². The van der Waals surface area contributed by atoms with Crippen molar-refractivity contribution >= 4 is 6.08 Å². The molecule has 2 rings (SSSR count). The van der Waals surface area contributed by atoms with Crippen LogP contribution in [-0.2, 0) is 0 Å². The van der Waals surface area contributed by atoms with Crippen molar-refractivity contribution in [3.63, 3.8) is 0 Å². The van der Waals surface area contributed by atoms with Crippen molar-refractivity contribution in [2.24, 2.45) is 11.8 Å². The van der Waals surface area contributed by atoms with Gasteiger partial charge in [-0.3, -0.25) is 0 Å². The van der Waals surface area contributed by atoms with Crippen LogP contribution in [0.1, 0.15) is 58.0 Å². The topological polar surface area (TPSA) is 25.2 Å². The Kier molecular flexibility index (Phi) is 4.87. The molecule has 1 fully saturated rings. The van der Waals surface area contributed by atoms with Crippen molar-refractivity contribution in [3.8, 4) is 0 Å². The molecule has 2 atom stereocenters. The third-order valence-electron chi connectivity index (χ3n) is 3.83. The summed E-state index contributed by atoms with van der Waals surface area (Å²) in [5.41, 5.74) is 1.41. The highest BCUT2D eigenvalue weighted by Crippen LogP contribution is 2.47. The number of rotatable bonds is 7. The molecular weight excluding hydrogens is 234 g/mol. The first-order valence-corrected chi connectivity index (χ1v) is 7.60. The van der Waals surface area contributed by atoms with Crippen LogP contribution in [0.25, 0.3) is 6.08 Å². The molecule has 1 heterocycles. The van der Waals surface area contributed by atoms with E-state index in [0.717, 1.165) is 31.2 Å². The van der Waals surface area contributed by atoms with E-state index in [1.54, 1.807) is 0 Å². The summed E-state index contributed by atoms with van der Waals surface area (Å²) in [5, 5.41) is 3.50. The molecule has 2 nitrogen and oxygen atoms in total. The Hall–Kier alpha value is -1.02. The fourth-order valence-corrected chi connectivity index (χ4v) is 2.36. The summed E-state index contributed by atoms with van der Waals surface area (Å²) in [7, 11) is 0. The second kappa shape index (κ2) is 6.42. The summed E-state index contributed by atoms with van der Waals surface area (Å²) in [6, 6.07) is 4.26. The molecule has 0 saturated heterocycles. The van der Waals surface area contributed by atoms with Gasteiger partial charge in [0.15, 0.2) is 0 Å². The van der Waals surface area contributed by atoms with Crippen LogP contribution in [0.4, 0.5) is 0 Å². The monoisotopic (exact) mass is 261 g/mol. The Morgan fingerprint density at radius 1 is 1.47 bits per heavy atom. The Morgan fingerprint density at radius 3 is 2.79 bits per heavy atom. The molecule has 1 N–H and O–H groups in total. The van der Waals surface area contributed by atoms with Gasteiger partial charge in [0.05, 0.1) is 0 Å². The first-order valence-electron chi connectivity index (χ1n) is 7.60. The Morgan fingerprint density at radius 2 is 2.21 bits per heavy atom. The molecule has 1 aromatic heterocycles. The van der Waals surface area contributed by atoms with Gasteiger partial charge in [-0.1, -0.05) is 33.3 Å². The highest BCUT2D eigenvalue weighted by atomic mass is 16.3. The average molecular weight is 261 g/mol. The van der Waals surface area contributed by atoms with Crippen molar-refractivity contribution in [2.45, 2.75) is 46.5 Å². The number of hydrogen-bond donors (Lipinski definition) is 1. The maximum atomic E-state index is 5.93. The van der Waals surface area contributed by atoms with Crippen molar-refractivity contribution in [1.29, 1.82) is 0 Å². The lowest BCUT2D eigenvalue weighted by Gasteiger charge is -2.08. The van der Waals surface area contributed by atoms with E-state index in [-0.39, 0.29) is 0 Å². The molecule has 1 aliphatic carbocycles. The minimum absolute atomic E-state index is 0.672. The van der Waals surface area contributed by atoms with Crippen LogP contribution in [0.2, 0.25) is 0 Å². The average Bonchev–Trinajstić information content (AvgIpc) is 2.91. The van der Waals surface area contributed by atoms with Crippen molar-refractivity contribution in [2.75, 3.05) is 13.1 Å². The highest BCUT2D eigenvalue weighted by Gasteiger charge is 2.36. The first kappa shape index (κ1) is 14.4. The zero-order chi connectivity index (χ0) is 13.8. The van der Waals surface area contributed by atoms with Gasteiger partial charge < -0.3 is 9.73 Å². The van der Waals surface area contributed by atoms with Gasteiger partial charge in [-0.05, 0) is 49.4 Å². The molecule has 106 valence electrons. The summed E-state index contributed by atoms with van der Waals surface area (Å²) < 4.78 is 5.93. The Labute approximate surface area is 117 Å². The number of hydrogen-bond acceptors (Lipinski definition) is 2. The molecule has 2 heteroatoms. The summed E-state index contributed by atoms with van der Waals surface area (Å²) in [5.74, 6) is 4.36. The third-order valence-corrected chi connectivity index (χ3v) is 3.83. The number of nitrogens with one attached hydrogen (secondary N) is 1. The molecule has 0 radical (unpaired) electrons. The third kappa shape index (κ3) is 4.24. The van der Waals surface area contributed by atoms with Gasteiger partial charge in [-0.2, -0.15) is 0 Å². The molecule has 1 aromatic rings. The van der Waals surface area contributed by atoms with Crippen LogP contribution in [0.3, 0.4) is 0 Å². The van der Waals surface area contributed by atoms with Crippen LogP contribution in [0, 0.1) is 11.8 Å². The summed E-state index contributed by atoms with van der Waals surface area (Å²) in [6.45, 7) is 11.0. The lowest BCUT2D eigenvalue weighted by molar-refractivity contribution is 0.497. The zero-order valence-corrected chi connectivity index (χ0v) is 12.7. The van der Waals surface area contributed by atoms with Gasteiger partial charge in [0.25, 0.3) is 0 Å². The van der Waals surface area contributed by atoms with E-state index in [0.29, 0.717) is 11.8 Å². The van der Waals surface area contributed by atoms with E-state index in [1.165, 1.54) is 17.8 Å². The van der Waals surface area contributed by atoms with Crippen LogP contribution in [-0.4, -0.2) is 13.1 Å². The zero-order valence-electron chi connectivity index (χ0n) is 12.7. The number of furan rings is 1. The summed E-state index contributed by atoms with van der Waals surface area (Å²) in [4.78, 5) is 0. The molecule has 19 heavy (non-hydrogen) atoms. The fraction of sp³-hybridized carbons (Fsp3) is 0.647. The smallest absolute Gasteiger partial charge is 0.127 e. The van der Waals surface area contributed by atoms with Crippen molar-refractivity contribution in [3.05, 3.63) is 29.2 Å². The molecule has 0 amide bonds. The molecule has 0 spiro atoms. The van der Waals surface area contributed by atoms with Gasteiger partial charge in [0, 0.05) is 12.5 Å². The van der Waals surface area contributed by atoms with Crippen LogP contribution >= 0.6 is 0 Å². The Bertz CT molecular complexity index is 430. The van der Waals surface area contributed by atoms with Gasteiger partial charge in [-0.15, -0.1) is 0 Å². The molecular formula is C17H27NO. The highest BCUT2D eigenvalue weighted by molar-refractivity contribution is 5.48. The minimum atomic E-state index is 0.672. The van der Waals surface area contributed by atoms with E-state index in [2.05, 4.69) is 51.2 Å².